The molecular weight excluding hydrogens is 242 g/mol. The van der Waals surface area contributed by atoms with Crippen LogP contribution in [0.3, 0.4) is 0 Å². The van der Waals surface area contributed by atoms with Crippen molar-refractivity contribution in [3.05, 3.63) is 35.2 Å². The predicted octanol–water partition coefficient (Wildman–Crippen LogP) is 3.59. The summed E-state index contributed by atoms with van der Waals surface area (Å²) in [5, 5.41) is 7.09. The molecule has 2 aromatic rings. The van der Waals surface area contributed by atoms with Crippen LogP contribution in [-0.2, 0) is 4.74 Å². The highest BCUT2D eigenvalue weighted by molar-refractivity contribution is 7.17. The van der Waals surface area contributed by atoms with E-state index in [4.69, 9.17) is 4.74 Å². The van der Waals surface area contributed by atoms with Gasteiger partial charge in [0.1, 0.15) is 0 Å². The van der Waals surface area contributed by atoms with Crippen LogP contribution in [0.4, 0.5) is 0 Å². The van der Waals surface area contributed by atoms with Crippen LogP contribution in [0.25, 0.3) is 10.1 Å². The van der Waals surface area contributed by atoms with Crippen LogP contribution in [0, 0.1) is 5.92 Å². The van der Waals surface area contributed by atoms with Crippen LogP contribution in [0.5, 0.6) is 0 Å². The number of nitrogens with one attached hydrogen (secondary N) is 1. The Morgan fingerprint density at radius 3 is 2.94 bits per heavy atom. The molecule has 0 amide bonds. The van der Waals surface area contributed by atoms with Gasteiger partial charge in [-0.15, -0.1) is 11.3 Å². The van der Waals surface area contributed by atoms with Crippen LogP contribution in [0.1, 0.15) is 24.9 Å². The van der Waals surface area contributed by atoms with E-state index in [2.05, 4.69) is 41.9 Å². The molecular formula is C15H19NOS. The fourth-order valence-corrected chi connectivity index (χ4v) is 3.88. The second kappa shape index (κ2) is 5.00. The molecule has 1 aromatic carbocycles. The van der Waals surface area contributed by atoms with Crippen molar-refractivity contribution in [2.45, 2.75) is 25.5 Å². The van der Waals surface area contributed by atoms with Gasteiger partial charge in [-0.05, 0) is 41.8 Å². The first-order valence-electron chi connectivity index (χ1n) is 6.56. The molecule has 0 radical (unpaired) electrons. The molecule has 2 nitrogen and oxygen atoms in total. The molecule has 1 saturated heterocycles. The van der Waals surface area contributed by atoms with Gasteiger partial charge < -0.3 is 10.1 Å². The average Bonchev–Trinajstić information content (AvgIpc) is 2.99. The number of thiophene rings is 1. The summed E-state index contributed by atoms with van der Waals surface area (Å²) in [5.74, 6) is 0.626. The first-order chi connectivity index (χ1) is 8.81. The van der Waals surface area contributed by atoms with Gasteiger partial charge in [-0.3, -0.25) is 0 Å². The Hall–Kier alpha value is -0.900. The minimum Gasteiger partial charge on any atom is -0.376 e. The van der Waals surface area contributed by atoms with E-state index >= 15 is 0 Å². The van der Waals surface area contributed by atoms with E-state index in [-0.39, 0.29) is 0 Å². The van der Waals surface area contributed by atoms with Crippen molar-refractivity contribution in [1.29, 1.82) is 0 Å². The first kappa shape index (κ1) is 12.2. The summed E-state index contributed by atoms with van der Waals surface area (Å²) in [6, 6.07) is 8.93. The average molecular weight is 261 g/mol. The molecule has 0 bridgehead atoms. The van der Waals surface area contributed by atoms with Gasteiger partial charge in [0.15, 0.2) is 0 Å². The Bertz CT molecular complexity index is 536. The van der Waals surface area contributed by atoms with E-state index in [1.165, 1.54) is 22.1 Å². The third-order valence-electron chi connectivity index (χ3n) is 3.93. The van der Waals surface area contributed by atoms with Gasteiger partial charge in [-0.2, -0.15) is 0 Å². The molecule has 0 spiro atoms. The first-order valence-corrected chi connectivity index (χ1v) is 7.44. The minimum absolute atomic E-state index is 0.299. The minimum atomic E-state index is 0.299. The van der Waals surface area contributed by atoms with Crippen molar-refractivity contribution < 1.29 is 4.74 Å². The lowest BCUT2D eigenvalue weighted by atomic mass is 9.92. The highest BCUT2D eigenvalue weighted by atomic mass is 32.1. The summed E-state index contributed by atoms with van der Waals surface area (Å²) in [6.45, 7) is 3.18. The molecule has 3 heteroatoms. The van der Waals surface area contributed by atoms with Crippen molar-refractivity contribution in [3.63, 3.8) is 0 Å². The molecule has 1 aliphatic heterocycles. The number of hydrogen-bond donors (Lipinski definition) is 1. The summed E-state index contributed by atoms with van der Waals surface area (Å²) in [5.41, 5.74) is 1.39. The number of rotatable bonds is 3. The Morgan fingerprint density at radius 2 is 2.22 bits per heavy atom. The van der Waals surface area contributed by atoms with Crippen LogP contribution < -0.4 is 5.32 Å². The smallest absolute Gasteiger partial charge is 0.0796 e. The summed E-state index contributed by atoms with van der Waals surface area (Å²) in [4.78, 5) is 0. The Balaban J connectivity index is 2.00. The van der Waals surface area contributed by atoms with Crippen LogP contribution in [-0.4, -0.2) is 19.8 Å². The Morgan fingerprint density at radius 1 is 1.39 bits per heavy atom. The zero-order chi connectivity index (χ0) is 12.5. The topological polar surface area (TPSA) is 21.3 Å². The molecule has 3 rings (SSSR count). The van der Waals surface area contributed by atoms with Gasteiger partial charge in [-0.25, -0.2) is 0 Å². The van der Waals surface area contributed by atoms with Gasteiger partial charge in [0.2, 0.25) is 0 Å². The lowest BCUT2D eigenvalue weighted by Gasteiger charge is -2.25. The van der Waals surface area contributed by atoms with E-state index in [0.29, 0.717) is 18.1 Å². The maximum absolute atomic E-state index is 5.93. The molecule has 0 saturated carbocycles. The fourth-order valence-electron chi connectivity index (χ4n) is 2.88. The van der Waals surface area contributed by atoms with E-state index in [1.807, 2.05) is 18.4 Å². The van der Waals surface area contributed by atoms with E-state index < -0.39 is 0 Å². The second-order valence-electron chi connectivity index (χ2n) is 5.05. The molecule has 2 heterocycles. The van der Waals surface area contributed by atoms with Crippen molar-refractivity contribution in [2.75, 3.05) is 13.7 Å². The number of hydrogen-bond acceptors (Lipinski definition) is 3. The summed E-state index contributed by atoms with van der Waals surface area (Å²) >= 11 is 1.82. The summed E-state index contributed by atoms with van der Waals surface area (Å²) in [7, 11) is 2.03. The largest absolute Gasteiger partial charge is 0.376 e. The van der Waals surface area contributed by atoms with Crippen molar-refractivity contribution >= 4 is 21.4 Å². The SMILES string of the molecule is CNC(c1csc2ccccc12)C1OCCC1C. The standard InChI is InChI=1S/C15H19NOS/c1-10-7-8-17-15(10)14(16-2)12-9-18-13-6-4-3-5-11(12)13/h3-6,9-10,14-16H,7-8H2,1-2H3. The molecule has 0 aliphatic carbocycles. The van der Waals surface area contributed by atoms with Crippen molar-refractivity contribution in [3.8, 4) is 0 Å². The highest BCUT2D eigenvalue weighted by Gasteiger charge is 2.33. The van der Waals surface area contributed by atoms with Crippen LogP contribution in [0.2, 0.25) is 0 Å². The van der Waals surface area contributed by atoms with Gasteiger partial charge >= 0.3 is 0 Å². The van der Waals surface area contributed by atoms with Gasteiger partial charge in [-0.1, -0.05) is 25.1 Å². The predicted molar refractivity (Wildman–Crippen MR) is 77.1 cm³/mol. The maximum atomic E-state index is 5.93. The van der Waals surface area contributed by atoms with Crippen molar-refractivity contribution in [1.82, 2.24) is 5.32 Å². The summed E-state index contributed by atoms with van der Waals surface area (Å²) in [6.07, 6.45) is 1.47. The van der Waals surface area contributed by atoms with E-state index in [0.717, 1.165) is 6.61 Å². The van der Waals surface area contributed by atoms with Gasteiger partial charge in [0, 0.05) is 11.3 Å². The van der Waals surface area contributed by atoms with Crippen molar-refractivity contribution in [2.24, 2.45) is 5.92 Å². The third-order valence-corrected chi connectivity index (χ3v) is 4.91. The Labute approximate surface area is 112 Å². The second-order valence-corrected chi connectivity index (χ2v) is 5.97. The lowest BCUT2D eigenvalue weighted by molar-refractivity contribution is 0.0636. The molecule has 1 aromatic heterocycles. The zero-order valence-corrected chi connectivity index (χ0v) is 11.7. The van der Waals surface area contributed by atoms with Gasteiger partial charge in [0.25, 0.3) is 0 Å². The monoisotopic (exact) mass is 261 g/mol. The molecule has 3 unspecified atom stereocenters. The van der Waals surface area contributed by atoms with E-state index in [9.17, 15) is 0 Å². The quantitative estimate of drug-likeness (QED) is 0.911. The number of benzene rings is 1. The Kier molecular flexibility index (Phi) is 3.37. The highest BCUT2D eigenvalue weighted by Crippen LogP contribution is 2.36. The third kappa shape index (κ3) is 1.96. The molecule has 1 aliphatic rings. The number of fused-ring (bicyclic) bond motifs is 1. The van der Waals surface area contributed by atoms with Gasteiger partial charge in [0.05, 0.1) is 12.1 Å². The molecule has 96 valence electrons. The number of likely N-dealkylation sites (N-methyl/N-ethyl adjacent to an activating group) is 1. The molecule has 3 atom stereocenters. The normalized spacial score (nSPS) is 25.7. The zero-order valence-electron chi connectivity index (χ0n) is 10.8. The fraction of sp³-hybridized carbons (Fsp3) is 0.467. The summed E-state index contributed by atoms with van der Waals surface area (Å²) < 4.78 is 7.29. The van der Waals surface area contributed by atoms with Crippen LogP contribution >= 0.6 is 11.3 Å². The number of ether oxygens (including phenoxy) is 1. The van der Waals surface area contributed by atoms with E-state index in [1.54, 1.807) is 0 Å². The van der Waals surface area contributed by atoms with Crippen LogP contribution in [0.15, 0.2) is 29.6 Å². The molecule has 18 heavy (non-hydrogen) atoms. The molecule has 1 fully saturated rings. The maximum Gasteiger partial charge on any atom is 0.0796 e. The lowest BCUT2D eigenvalue weighted by Crippen LogP contribution is -2.32. The molecule has 1 N–H and O–H groups in total.